The minimum atomic E-state index is -0.651. The molecule has 7 nitrogen and oxygen atoms in total. The van der Waals surface area contributed by atoms with Crippen LogP contribution in [0.1, 0.15) is 46.9 Å². The van der Waals surface area contributed by atoms with Gasteiger partial charge in [-0.3, -0.25) is 4.79 Å². The number of ether oxygens (including phenoxy) is 1. The molecule has 7 heteroatoms. The molecule has 0 spiro atoms. The number of hydrogen-bond donors (Lipinski definition) is 3. The van der Waals surface area contributed by atoms with Crippen molar-refractivity contribution in [2.45, 2.75) is 52.2 Å². The van der Waals surface area contributed by atoms with Gasteiger partial charge in [0, 0.05) is 13.0 Å². The molecule has 0 atom stereocenters. The minimum Gasteiger partial charge on any atom is -0.444 e. The summed E-state index contributed by atoms with van der Waals surface area (Å²) in [6.07, 6.45) is -0.375. The molecule has 0 unspecified atom stereocenters. The quantitative estimate of drug-likeness (QED) is 0.775. The van der Waals surface area contributed by atoms with E-state index in [-0.39, 0.29) is 18.9 Å². The summed E-state index contributed by atoms with van der Waals surface area (Å²) in [7, 11) is 0. The van der Waals surface area contributed by atoms with E-state index < -0.39 is 17.2 Å². The Hall–Kier alpha value is -2.57. The topological polar surface area (TPSA) is 96.1 Å². The van der Waals surface area contributed by atoms with E-state index in [9.17, 15) is 9.59 Å². The van der Waals surface area contributed by atoms with Crippen molar-refractivity contribution in [3.8, 4) is 0 Å². The highest BCUT2D eigenvalue weighted by Gasteiger charge is 2.26. The molecule has 3 N–H and O–H groups in total. The van der Waals surface area contributed by atoms with Crippen LogP contribution in [0.15, 0.2) is 24.3 Å². The van der Waals surface area contributed by atoms with E-state index in [4.69, 9.17) is 4.74 Å². The van der Waals surface area contributed by atoms with Crippen molar-refractivity contribution >= 4 is 23.0 Å². The largest absolute Gasteiger partial charge is 0.444 e. The number of carbonyl (C=O) groups is 2. The lowest BCUT2D eigenvalue weighted by atomic mass is 10.0. The van der Waals surface area contributed by atoms with Crippen molar-refractivity contribution in [3.05, 3.63) is 30.1 Å². The Bertz CT molecular complexity index is 726. The molecule has 1 aromatic heterocycles. The lowest BCUT2D eigenvalue weighted by molar-refractivity contribution is -0.122. The Morgan fingerprint density at radius 3 is 2.48 bits per heavy atom. The fourth-order valence-corrected chi connectivity index (χ4v) is 2.31. The molecule has 0 aliphatic carbocycles. The molecule has 0 aliphatic rings. The first kappa shape index (κ1) is 18.8. The number of nitrogens with zero attached hydrogens (tertiary/aromatic N) is 1. The van der Waals surface area contributed by atoms with Gasteiger partial charge in [0.25, 0.3) is 0 Å². The number of aromatic amines is 1. The number of alkyl carbamates (subject to hydrolysis) is 1. The molecule has 136 valence electrons. The molecule has 2 aromatic rings. The molecule has 0 aliphatic heterocycles. The number of hydrogen-bond acceptors (Lipinski definition) is 4. The highest BCUT2D eigenvalue weighted by atomic mass is 16.6. The Balaban J connectivity index is 1.87. The van der Waals surface area contributed by atoms with Gasteiger partial charge in [-0.05, 0) is 46.8 Å². The van der Waals surface area contributed by atoms with Gasteiger partial charge >= 0.3 is 6.09 Å². The third-order valence-corrected chi connectivity index (χ3v) is 3.45. The normalized spacial score (nSPS) is 12.0. The molecule has 0 radical (unpaired) electrons. The van der Waals surface area contributed by atoms with E-state index in [1.807, 2.05) is 38.1 Å². The second-order valence-corrected chi connectivity index (χ2v) is 7.45. The summed E-state index contributed by atoms with van der Waals surface area (Å²) in [4.78, 5) is 31.5. The zero-order chi connectivity index (χ0) is 18.7. The second-order valence-electron chi connectivity index (χ2n) is 7.45. The van der Waals surface area contributed by atoms with Crippen LogP contribution in [0.2, 0.25) is 0 Å². The van der Waals surface area contributed by atoms with Crippen LogP contribution in [0, 0.1) is 0 Å². The molecule has 2 amide bonds. The van der Waals surface area contributed by atoms with Crippen molar-refractivity contribution in [3.63, 3.8) is 0 Å². The van der Waals surface area contributed by atoms with E-state index >= 15 is 0 Å². The Kier molecular flexibility index (Phi) is 5.35. The van der Waals surface area contributed by atoms with E-state index in [0.29, 0.717) is 5.82 Å². The second kappa shape index (κ2) is 7.13. The zero-order valence-corrected chi connectivity index (χ0v) is 15.4. The van der Waals surface area contributed by atoms with Gasteiger partial charge < -0.3 is 20.4 Å². The van der Waals surface area contributed by atoms with E-state index in [1.54, 1.807) is 20.8 Å². The number of fused-ring (bicyclic) bond motifs is 1. The SMILES string of the molecule is CC(C)(C)OC(=O)NCCC(=O)NC(C)(C)c1nc2ccccc2[nH]1. The Morgan fingerprint density at radius 2 is 1.84 bits per heavy atom. The zero-order valence-electron chi connectivity index (χ0n) is 15.4. The molecule has 1 aromatic carbocycles. The number of benzene rings is 1. The first-order chi connectivity index (χ1) is 11.6. The Morgan fingerprint density at radius 1 is 1.16 bits per heavy atom. The summed E-state index contributed by atoms with van der Waals surface area (Å²) in [6.45, 7) is 9.32. The van der Waals surface area contributed by atoms with Crippen LogP contribution in [0.3, 0.4) is 0 Å². The van der Waals surface area contributed by atoms with E-state index in [2.05, 4.69) is 20.6 Å². The van der Waals surface area contributed by atoms with Crippen LogP contribution in [0.25, 0.3) is 11.0 Å². The standard InChI is InChI=1S/C18H26N4O3/c1-17(2,3)25-16(24)19-11-10-14(23)22-18(4,5)15-20-12-8-6-7-9-13(12)21-15/h6-9H,10-11H2,1-5H3,(H,19,24)(H,20,21)(H,22,23). The van der Waals surface area contributed by atoms with Crippen LogP contribution in [-0.2, 0) is 15.1 Å². The number of carbonyl (C=O) groups excluding carboxylic acids is 2. The van der Waals surface area contributed by atoms with Gasteiger partial charge in [-0.1, -0.05) is 12.1 Å². The number of nitrogens with one attached hydrogen (secondary N) is 3. The van der Waals surface area contributed by atoms with Crippen LogP contribution in [-0.4, -0.2) is 34.1 Å². The van der Waals surface area contributed by atoms with Crippen molar-refractivity contribution in [1.29, 1.82) is 0 Å². The van der Waals surface area contributed by atoms with Crippen molar-refractivity contribution in [1.82, 2.24) is 20.6 Å². The number of H-pyrrole nitrogens is 1. The van der Waals surface area contributed by atoms with E-state index in [1.165, 1.54) is 0 Å². The Labute approximate surface area is 147 Å². The molecular formula is C18H26N4O3. The molecular weight excluding hydrogens is 320 g/mol. The summed E-state index contributed by atoms with van der Waals surface area (Å²) in [6, 6.07) is 7.70. The third-order valence-electron chi connectivity index (χ3n) is 3.45. The average molecular weight is 346 g/mol. The number of amides is 2. The summed E-state index contributed by atoms with van der Waals surface area (Å²) < 4.78 is 5.13. The predicted molar refractivity (Wildman–Crippen MR) is 96.1 cm³/mol. The number of imidazole rings is 1. The van der Waals surface area contributed by atoms with Gasteiger partial charge in [-0.25, -0.2) is 9.78 Å². The van der Waals surface area contributed by atoms with Crippen LogP contribution < -0.4 is 10.6 Å². The van der Waals surface area contributed by atoms with Gasteiger partial charge in [-0.2, -0.15) is 0 Å². The fourth-order valence-electron chi connectivity index (χ4n) is 2.31. The summed E-state index contributed by atoms with van der Waals surface area (Å²) in [5.41, 5.74) is 0.565. The van der Waals surface area contributed by atoms with E-state index in [0.717, 1.165) is 11.0 Å². The van der Waals surface area contributed by atoms with Gasteiger partial charge in [0.15, 0.2) is 0 Å². The first-order valence-corrected chi connectivity index (χ1v) is 8.30. The van der Waals surface area contributed by atoms with Crippen LogP contribution in [0.4, 0.5) is 4.79 Å². The molecule has 0 fully saturated rings. The average Bonchev–Trinajstić information content (AvgIpc) is 2.89. The fraction of sp³-hybridized carbons (Fsp3) is 0.500. The smallest absolute Gasteiger partial charge is 0.407 e. The first-order valence-electron chi connectivity index (χ1n) is 8.30. The van der Waals surface area contributed by atoms with Crippen LogP contribution in [0.5, 0.6) is 0 Å². The number of para-hydroxylation sites is 2. The lowest BCUT2D eigenvalue weighted by Crippen LogP contribution is -2.43. The summed E-state index contributed by atoms with van der Waals surface area (Å²) in [5, 5.41) is 5.50. The highest BCUT2D eigenvalue weighted by Crippen LogP contribution is 2.20. The maximum atomic E-state index is 12.2. The molecule has 0 bridgehead atoms. The molecule has 0 saturated carbocycles. The third kappa shape index (κ3) is 5.48. The predicted octanol–water partition coefficient (Wildman–Crippen LogP) is 2.83. The summed E-state index contributed by atoms with van der Waals surface area (Å²) >= 11 is 0. The summed E-state index contributed by atoms with van der Waals surface area (Å²) in [5.74, 6) is 0.503. The number of rotatable bonds is 5. The highest BCUT2D eigenvalue weighted by molar-refractivity contribution is 5.78. The molecule has 25 heavy (non-hydrogen) atoms. The van der Waals surface area contributed by atoms with Gasteiger partial charge in [0.05, 0.1) is 16.6 Å². The van der Waals surface area contributed by atoms with Crippen molar-refractivity contribution in [2.75, 3.05) is 6.54 Å². The monoisotopic (exact) mass is 346 g/mol. The maximum Gasteiger partial charge on any atom is 0.407 e. The van der Waals surface area contributed by atoms with Gasteiger partial charge in [0.2, 0.25) is 5.91 Å². The van der Waals surface area contributed by atoms with Crippen molar-refractivity contribution in [2.24, 2.45) is 0 Å². The molecule has 2 rings (SSSR count). The van der Waals surface area contributed by atoms with Crippen molar-refractivity contribution < 1.29 is 14.3 Å². The lowest BCUT2D eigenvalue weighted by Gasteiger charge is -2.24. The van der Waals surface area contributed by atoms with Crippen LogP contribution >= 0.6 is 0 Å². The maximum absolute atomic E-state index is 12.2. The number of aromatic nitrogens is 2. The van der Waals surface area contributed by atoms with Gasteiger partial charge in [0.1, 0.15) is 11.4 Å². The minimum absolute atomic E-state index is 0.156. The molecule has 0 saturated heterocycles. The molecule has 1 heterocycles. The van der Waals surface area contributed by atoms with Gasteiger partial charge in [-0.15, -0.1) is 0 Å².